The van der Waals surface area contributed by atoms with Gasteiger partial charge in [-0.15, -0.1) is 0 Å². The second-order valence-electron chi connectivity index (χ2n) is 5.05. The smallest absolute Gasteiger partial charge is 0.413 e. The van der Waals surface area contributed by atoms with E-state index >= 15 is 0 Å². The SMILES string of the molecule is CC(C)[C@H]1CC[C@H](C)C[C@@H]1OC(=O)C=[N+]=[N-]. The highest BCUT2D eigenvalue weighted by molar-refractivity contribution is 6.20. The Morgan fingerprint density at radius 2 is 2.19 bits per heavy atom. The van der Waals surface area contributed by atoms with Crippen LogP contribution >= 0.6 is 0 Å². The van der Waals surface area contributed by atoms with Crippen molar-refractivity contribution in [3.8, 4) is 0 Å². The van der Waals surface area contributed by atoms with Crippen molar-refractivity contribution in [1.29, 1.82) is 0 Å². The highest BCUT2D eigenvalue weighted by Gasteiger charge is 2.33. The molecule has 0 heterocycles. The summed E-state index contributed by atoms with van der Waals surface area (Å²) in [5.74, 6) is 0.981. The number of esters is 1. The number of carbonyl (C=O) groups excluding carboxylic acids is 1. The first-order valence-corrected chi connectivity index (χ1v) is 5.92. The van der Waals surface area contributed by atoms with Crippen LogP contribution in [-0.2, 0) is 9.53 Å². The van der Waals surface area contributed by atoms with Crippen LogP contribution in [0.3, 0.4) is 0 Å². The lowest BCUT2D eigenvalue weighted by Gasteiger charge is -2.36. The predicted molar refractivity (Wildman–Crippen MR) is 60.9 cm³/mol. The summed E-state index contributed by atoms with van der Waals surface area (Å²) in [5, 5.41) is 0. The van der Waals surface area contributed by atoms with Crippen LogP contribution in [0, 0.1) is 17.8 Å². The maximum absolute atomic E-state index is 11.3. The molecule has 1 fully saturated rings. The van der Waals surface area contributed by atoms with Crippen LogP contribution in [0.1, 0.15) is 40.0 Å². The van der Waals surface area contributed by atoms with Gasteiger partial charge in [0.15, 0.2) is 0 Å². The van der Waals surface area contributed by atoms with Gasteiger partial charge >= 0.3 is 12.2 Å². The Hall–Kier alpha value is -1.15. The van der Waals surface area contributed by atoms with Gasteiger partial charge in [0, 0.05) is 0 Å². The molecule has 0 N–H and O–H groups in total. The molecule has 0 spiro atoms. The molecule has 0 unspecified atom stereocenters. The lowest BCUT2D eigenvalue weighted by Crippen LogP contribution is -2.36. The topological polar surface area (TPSA) is 62.7 Å². The predicted octanol–water partition coefficient (Wildman–Crippen LogP) is 2.29. The summed E-state index contributed by atoms with van der Waals surface area (Å²) in [5.41, 5.74) is 8.26. The number of hydrogen-bond acceptors (Lipinski definition) is 2. The molecule has 0 amide bonds. The molecule has 1 saturated carbocycles. The van der Waals surface area contributed by atoms with Crippen LogP contribution < -0.4 is 0 Å². The molecule has 1 aliphatic carbocycles. The summed E-state index contributed by atoms with van der Waals surface area (Å²) in [6.07, 6.45) is 4.00. The van der Waals surface area contributed by atoms with Gasteiger partial charge in [0.2, 0.25) is 0 Å². The molecule has 0 saturated heterocycles. The molecule has 3 atom stereocenters. The van der Waals surface area contributed by atoms with Crippen molar-refractivity contribution in [3.63, 3.8) is 0 Å². The molecule has 1 aliphatic rings. The molecular weight excluding hydrogens is 204 g/mol. The van der Waals surface area contributed by atoms with E-state index in [9.17, 15) is 4.79 Å². The van der Waals surface area contributed by atoms with Crippen molar-refractivity contribution >= 4 is 12.2 Å². The van der Waals surface area contributed by atoms with Gasteiger partial charge in [-0.25, -0.2) is 4.79 Å². The van der Waals surface area contributed by atoms with Crippen LogP contribution in [0.2, 0.25) is 0 Å². The normalized spacial score (nSPS) is 29.6. The molecule has 4 nitrogen and oxygen atoms in total. The largest absolute Gasteiger partial charge is 0.454 e. The summed E-state index contributed by atoms with van der Waals surface area (Å²) < 4.78 is 5.33. The highest BCUT2D eigenvalue weighted by Crippen LogP contribution is 2.35. The van der Waals surface area contributed by atoms with Crippen LogP contribution in [0.15, 0.2) is 0 Å². The minimum absolute atomic E-state index is 0.0331. The first kappa shape index (κ1) is 12.9. The van der Waals surface area contributed by atoms with E-state index in [0.717, 1.165) is 19.1 Å². The van der Waals surface area contributed by atoms with Crippen molar-refractivity contribution in [1.82, 2.24) is 0 Å². The van der Waals surface area contributed by atoms with Gasteiger partial charge in [0.1, 0.15) is 6.10 Å². The average molecular weight is 224 g/mol. The van der Waals surface area contributed by atoms with E-state index in [1.54, 1.807) is 0 Å². The molecule has 16 heavy (non-hydrogen) atoms. The van der Waals surface area contributed by atoms with Crippen molar-refractivity contribution in [2.45, 2.75) is 46.1 Å². The lowest BCUT2D eigenvalue weighted by atomic mass is 9.75. The van der Waals surface area contributed by atoms with Gasteiger partial charge in [-0.3, -0.25) is 0 Å². The monoisotopic (exact) mass is 224 g/mol. The van der Waals surface area contributed by atoms with Gasteiger partial charge in [0.25, 0.3) is 0 Å². The molecule has 4 heteroatoms. The fourth-order valence-electron chi connectivity index (χ4n) is 2.48. The van der Waals surface area contributed by atoms with Crippen molar-refractivity contribution in [2.75, 3.05) is 0 Å². The Morgan fingerprint density at radius 1 is 1.50 bits per heavy atom. The minimum Gasteiger partial charge on any atom is -0.454 e. The molecule has 0 aromatic carbocycles. The van der Waals surface area contributed by atoms with E-state index < -0.39 is 5.97 Å². The van der Waals surface area contributed by atoms with E-state index in [1.807, 2.05) is 0 Å². The molecule has 0 aromatic rings. The van der Waals surface area contributed by atoms with E-state index in [2.05, 4.69) is 25.6 Å². The second kappa shape index (κ2) is 5.80. The fourth-order valence-corrected chi connectivity index (χ4v) is 2.48. The van der Waals surface area contributed by atoms with Crippen molar-refractivity contribution in [2.24, 2.45) is 17.8 Å². The van der Waals surface area contributed by atoms with E-state index in [-0.39, 0.29) is 6.10 Å². The molecule has 1 rings (SSSR count). The molecular formula is C12H20N2O2. The number of rotatable bonds is 3. The third-order valence-electron chi connectivity index (χ3n) is 3.39. The fraction of sp³-hybridized carbons (Fsp3) is 0.833. The average Bonchev–Trinajstić information content (AvgIpc) is 2.17. The van der Waals surface area contributed by atoms with Gasteiger partial charge in [-0.05, 0) is 30.6 Å². The Morgan fingerprint density at radius 3 is 2.75 bits per heavy atom. The van der Waals surface area contributed by atoms with Gasteiger partial charge < -0.3 is 10.3 Å². The summed E-state index contributed by atoms with van der Waals surface area (Å²) in [6, 6.07) is 0. The summed E-state index contributed by atoms with van der Waals surface area (Å²) in [6.45, 7) is 6.49. The minimum atomic E-state index is -0.549. The molecule has 0 radical (unpaired) electrons. The standard InChI is InChI=1S/C12H20N2O2/c1-8(2)10-5-4-9(3)6-11(10)16-12(15)7-14-13/h7-11H,4-6H2,1-3H3/t9-,10+,11-/m0/s1. The molecule has 90 valence electrons. The number of hydrogen-bond donors (Lipinski definition) is 0. The lowest BCUT2D eigenvalue weighted by molar-refractivity contribution is -0.150. The van der Waals surface area contributed by atoms with Gasteiger partial charge in [-0.1, -0.05) is 27.2 Å². The molecule has 0 bridgehead atoms. The van der Waals surface area contributed by atoms with Crippen LogP contribution in [0.4, 0.5) is 0 Å². The Bertz CT molecular complexity index is 295. The van der Waals surface area contributed by atoms with E-state index in [1.165, 1.54) is 6.42 Å². The zero-order valence-corrected chi connectivity index (χ0v) is 10.2. The Kier molecular flexibility index (Phi) is 4.69. The van der Waals surface area contributed by atoms with Crippen molar-refractivity contribution in [3.05, 3.63) is 5.53 Å². The Balaban J connectivity index is 2.64. The van der Waals surface area contributed by atoms with Crippen LogP contribution in [0.25, 0.3) is 5.53 Å². The third-order valence-corrected chi connectivity index (χ3v) is 3.39. The summed E-state index contributed by atoms with van der Waals surface area (Å²) in [7, 11) is 0. The zero-order valence-electron chi connectivity index (χ0n) is 10.2. The number of carbonyl (C=O) groups is 1. The van der Waals surface area contributed by atoms with E-state index in [0.29, 0.717) is 17.8 Å². The molecule has 0 aromatic heterocycles. The first-order chi connectivity index (χ1) is 7.54. The second-order valence-corrected chi connectivity index (χ2v) is 5.05. The van der Waals surface area contributed by atoms with Gasteiger partial charge in [-0.2, -0.15) is 4.79 Å². The van der Waals surface area contributed by atoms with Crippen molar-refractivity contribution < 1.29 is 14.3 Å². The summed E-state index contributed by atoms with van der Waals surface area (Å²) >= 11 is 0. The number of nitrogens with zero attached hydrogens (tertiary/aromatic N) is 2. The zero-order chi connectivity index (χ0) is 12.1. The third kappa shape index (κ3) is 3.46. The highest BCUT2D eigenvalue weighted by atomic mass is 16.5. The summed E-state index contributed by atoms with van der Waals surface area (Å²) in [4.78, 5) is 13.9. The van der Waals surface area contributed by atoms with Gasteiger partial charge in [0.05, 0.1) is 0 Å². The van der Waals surface area contributed by atoms with Crippen LogP contribution in [0.5, 0.6) is 0 Å². The first-order valence-electron chi connectivity index (χ1n) is 5.92. The number of ether oxygens (including phenoxy) is 1. The molecule has 0 aliphatic heterocycles. The Labute approximate surface area is 96.6 Å². The maximum Gasteiger partial charge on any atom is 0.413 e. The van der Waals surface area contributed by atoms with Crippen LogP contribution in [-0.4, -0.2) is 23.1 Å². The maximum atomic E-state index is 11.3. The quantitative estimate of drug-likeness (QED) is 0.319. The van der Waals surface area contributed by atoms with E-state index in [4.69, 9.17) is 10.3 Å².